The number of rotatable bonds is 6. The quantitative estimate of drug-likeness (QED) is 0.808. The van der Waals surface area contributed by atoms with Crippen molar-refractivity contribution in [2.75, 3.05) is 6.54 Å². The number of aryl methyl sites for hydroxylation is 1. The van der Waals surface area contributed by atoms with Crippen molar-refractivity contribution in [1.82, 2.24) is 10.2 Å². The molecular weight excluding hydrogens is 300 g/mol. The molecule has 0 aliphatic carbocycles. The Bertz CT molecular complexity index is 623. The molecule has 1 aromatic carbocycles. The predicted molar refractivity (Wildman–Crippen MR) is 84.7 cm³/mol. The Labute approximate surface area is 134 Å². The molecular formula is C16H17N2O3S-. The molecule has 0 amide bonds. The highest BCUT2D eigenvalue weighted by molar-refractivity contribution is 7.80. The molecule has 0 bridgehead atoms. The van der Waals surface area contributed by atoms with E-state index in [1.807, 2.05) is 42.2 Å². The van der Waals surface area contributed by atoms with E-state index in [0.717, 1.165) is 11.3 Å². The number of aliphatic carboxylic acids is 1. The van der Waals surface area contributed by atoms with E-state index in [9.17, 15) is 9.90 Å². The van der Waals surface area contributed by atoms with Crippen molar-refractivity contribution in [3.05, 3.63) is 59.5 Å². The molecule has 5 nitrogen and oxygen atoms in total. The normalized spacial score (nSPS) is 10.2. The minimum Gasteiger partial charge on any atom is -0.548 e. The average Bonchev–Trinajstić information content (AvgIpc) is 2.99. The van der Waals surface area contributed by atoms with Crippen LogP contribution in [0, 0.1) is 6.92 Å². The molecule has 2 rings (SSSR count). The third-order valence-corrected chi connectivity index (χ3v) is 3.49. The van der Waals surface area contributed by atoms with Gasteiger partial charge in [0.25, 0.3) is 0 Å². The lowest BCUT2D eigenvalue weighted by molar-refractivity contribution is -0.303. The second-order valence-electron chi connectivity index (χ2n) is 4.95. The van der Waals surface area contributed by atoms with Crippen molar-refractivity contribution in [2.45, 2.75) is 20.0 Å². The third-order valence-electron chi connectivity index (χ3n) is 3.09. The van der Waals surface area contributed by atoms with Crippen molar-refractivity contribution in [2.24, 2.45) is 0 Å². The zero-order valence-corrected chi connectivity index (χ0v) is 13.1. The Kier molecular flexibility index (Phi) is 5.55. The molecule has 1 heterocycles. The Morgan fingerprint density at radius 1 is 1.27 bits per heavy atom. The number of nitrogens with one attached hydrogen (secondary N) is 1. The number of carbonyl (C=O) groups is 1. The number of thiocarbonyl (C=S) groups is 1. The van der Waals surface area contributed by atoms with Gasteiger partial charge >= 0.3 is 0 Å². The van der Waals surface area contributed by atoms with Gasteiger partial charge in [-0.05, 0) is 36.8 Å². The summed E-state index contributed by atoms with van der Waals surface area (Å²) in [6.07, 6.45) is 1.59. The molecule has 1 N–H and O–H groups in total. The number of carboxylic acids is 1. The number of carboxylic acid groups (broad SMARTS) is 1. The Morgan fingerprint density at radius 2 is 2.00 bits per heavy atom. The lowest BCUT2D eigenvalue weighted by atomic mass is 10.1. The van der Waals surface area contributed by atoms with Crippen LogP contribution in [0.5, 0.6) is 0 Å². The molecule has 116 valence electrons. The zero-order chi connectivity index (χ0) is 15.9. The number of furan rings is 1. The third kappa shape index (κ3) is 4.89. The molecule has 0 atom stereocenters. The lowest BCUT2D eigenvalue weighted by Gasteiger charge is -2.25. The largest absolute Gasteiger partial charge is 0.548 e. The molecule has 6 heteroatoms. The molecule has 0 saturated carbocycles. The standard InChI is InChI=1S/C16H18N2O3S/c1-12-4-6-13(7-5-12)10-18(11-14-3-2-8-21-14)16(22)17-9-15(19)20/h2-8H,9-11H2,1H3,(H,17,22)(H,19,20)/p-1. The zero-order valence-electron chi connectivity index (χ0n) is 12.2. The predicted octanol–water partition coefficient (Wildman–Crippen LogP) is 1.21. The minimum atomic E-state index is -1.20. The van der Waals surface area contributed by atoms with Crippen LogP contribution in [0.1, 0.15) is 16.9 Å². The van der Waals surface area contributed by atoms with Gasteiger partial charge in [0.05, 0.1) is 25.3 Å². The molecule has 2 aromatic rings. The SMILES string of the molecule is Cc1ccc(CN(Cc2ccco2)C(=S)NCC(=O)[O-])cc1. The first-order chi connectivity index (χ1) is 10.5. The smallest absolute Gasteiger partial charge is 0.169 e. The van der Waals surface area contributed by atoms with Crippen LogP contribution in [0.15, 0.2) is 47.1 Å². The van der Waals surface area contributed by atoms with E-state index in [1.54, 1.807) is 12.3 Å². The monoisotopic (exact) mass is 317 g/mol. The first kappa shape index (κ1) is 16.0. The van der Waals surface area contributed by atoms with Crippen LogP contribution in [0.3, 0.4) is 0 Å². The molecule has 0 unspecified atom stereocenters. The van der Waals surface area contributed by atoms with Crippen LogP contribution in [-0.2, 0) is 17.9 Å². The summed E-state index contributed by atoms with van der Waals surface area (Å²) in [5.74, 6) is -0.444. The second kappa shape index (κ2) is 7.61. The van der Waals surface area contributed by atoms with Crippen molar-refractivity contribution in [1.29, 1.82) is 0 Å². The van der Waals surface area contributed by atoms with E-state index in [4.69, 9.17) is 16.6 Å². The summed E-state index contributed by atoms with van der Waals surface area (Å²) >= 11 is 5.27. The molecule has 22 heavy (non-hydrogen) atoms. The van der Waals surface area contributed by atoms with E-state index in [2.05, 4.69) is 5.32 Å². The van der Waals surface area contributed by atoms with Gasteiger partial charge in [0.1, 0.15) is 5.76 Å². The van der Waals surface area contributed by atoms with E-state index >= 15 is 0 Å². The number of benzene rings is 1. The molecule has 0 spiro atoms. The fraction of sp³-hybridized carbons (Fsp3) is 0.250. The fourth-order valence-corrected chi connectivity index (χ4v) is 2.16. The summed E-state index contributed by atoms with van der Waals surface area (Å²) in [6.45, 7) is 2.72. The summed E-state index contributed by atoms with van der Waals surface area (Å²) in [7, 11) is 0. The molecule has 0 aliphatic heterocycles. The topological polar surface area (TPSA) is 68.5 Å². The Balaban J connectivity index is 2.07. The summed E-state index contributed by atoms with van der Waals surface area (Å²) < 4.78 is 5.34. The van der Waals surface area contributed by atoms with Crippen LogP contribution >= 0.6 is 12.2 Å². The average molecular weight is 317 g/mol. The molecule has 1 aromatic heterocycles. The molecule has 0 fully saturated rings. The highest BCUT2D eigenvalue weighted by atomic mass is 32.1. The van der Waals surface area contributed by atoms with Crippen molar-refractivity contribution in [3.63, 3.8) is 0 Å². The van der Waals surface area contributed by atoms with Gasteiger partial charge in [-0.25, -0.2) is 0 Å². The van der Waals surface area contributed by atoms with Gasteiger partial charge in [-0.3, -0.25) is 0 Å². The number of hydrogen-bond donors (Lipinski definition) is 1. The number of nitrogens with zero attached hydrogens (tertiary/aromatic N) is 1. The maximum Gasteiger partial charge on any atom is 0.169 e. The summed E-state index contributed by atoms with van der Waals surface area (Å²) in [4.78, 5) is 12.4. The lowest BCUT2D eigenvalue weighted by Crippen LogP contribution is -2.44. The van der Waals surface area contributed by atoms with E-state index in [0.29, 0.717) is 18.2 Å². The van der Waals surface area contributed by atoms with Crippen molar-refractivity contribution >= 4 is 23.3 Å². The van der Waals surface area contributed by atoms with Gasteiger partial charge in [-0.1, -0.05) is 29.8 Å². The van der Waals surface area contributed by atoms with Crippen LogP contribution < -0.4 is 10.4 Å². The van der Waals surface area contributed by atoms with E-state index in [1.165, 1.54) is 5.56 Å². The Hall–Kier alpha value is -2.34. The fourth-order valence-electron chi connectivity index (χ4n) is 1.96. The summed E-state index contributed by atoms with van der Waals surface area (Å²) in [6, 6.07) is 11.7. The van der Waals surface area contributed by atoms with Crippen molar-refractivity contribution < 1.29 is 14.3 Å². The maximum absolute atomic E-state index is 10.6. The molecule has 0 aliphatic rings. The van der Waals surface area contributed by atoms with E-state index in [-0.39, 0.29) is 6.54 Å². The van der Waals surface area contributed by atoms with Crippen LogP contribution in [0.25, 0.3) is 0 Å². The summed E-state index contributed by atoms with van der Waals surface area (Å²) in [5, 5.41) is 13.6. The van der Waals surface area contributed by atoms with Crippen LogP contribution in [-0.4, -0.2) is 22.5 Å². The van der Waals surface area contributed by atoms with Gasteiger partial charge < -0.3 is 24.5 Å². The first-order valence-electron chi connectivity index (χ1n) is 6.85. The van der Waals surface area contributed by atoms with Crippen LogP contribution in [0.4, 0.5) is 0 Å². The number of carbonyl (C=O) groups excluding carboxylic acids is 1. The van der Waals surface area contributed by atoms with Gasteiger partial charge in [0.15, 0.2) is 5.11 Å². The van der Waals surface area contributed by atoms with Gasteiger partial charge in [-0.2, -0.15) is 0 Å². The maximum atomic E-state index is 10.6. The van der Waals surface area contributed by atoms with Gasteiger partial charge in [-0.15, -0.1) is 0 Å². The van der Waals surface area contributed by atoms with Crippen LogP contribution in [0.2, 0.25) is 0 Å². The highest BCUT2D eigenvalue weighted by Gasteiger charge is 2.12. The molecule has 0 radical (unpaired) electrons. The first-order valence-corrected chi connectivity index (χ1v) is 7.26. The second-order valence-corrected chi connectivity index (χ2v) is 5.34. The Morgan fingerprint density at radius 3 is 2.59 bits per heavy atom. The van der Waals surface area contributed by atoms with Gasteiger partial charge in [0.2, 0.25) is 0 Å². The van der Waals surface area contributed by atoms with Gasteiger partial charge in [0, 0.05) is 6.54 Å². The molecule has 0 saturated heterocycles. The summed E-state index contributed by atoms with van der Waals surface area (Å²) in [5.41, 5.74) is 2.26. The minimum absolute atomic E-state index is 0.318. The van der Waals surface area contributed by atoms with Crippen molar-refractivity contribution in [3.8, 4) is 0 Å². The highest BCUT2D eigenvalue weighted by Crippen LogP contribution is 2.12. The number of hydrogen-bond acceptors (Lipinski definition) is 4. The van der Waals surface area contributed by atoms with E-state index < -0.39 is 5.97 Å².